The minimum Gasteiger partial charge on any atom is -0.482 e. The van der Waals surface area contributed by atoms with E-state index in [2.05, 4.69) is 0 Å². The highest BCUT2D eigenvalue weighted by Gasteiger charge is 2.24. The van der Waals surface area contributed by atoms with Crippen LogP contribution in [0.5, 0.6) is 5.75 Å². The van der Waals surface area contributed by atoms with E-state index in [0.717, 1.165) is 11.3 Å². The largest absolute Gasteiger partial charge is 0.482 e. The molecule has 1 unspecified atom stereocenters. The molecule has 0 aliphatic carbocycles. The standard InChI is InChI=1S/C12H16N2O3/c1-2-14-10-5-8(9(13)6-15)3-4-11(10)17-7-12(14)16/h3-5,9,15H,2,6-7,13H2,1H3. The first-order chi connectivity index (χ1) is 8.17. The van der Waals surface area contributed by atoms with Crippen LogP contribution in [0.25, 0.3) is 0 Å². The fourth-order valence-electron chi connectivity index (χ4n) is 1.90. The van der Waals surface area contributed by atoms with E-state index in [1.807, 2.05) is 13.0 Å². The number of carbonyl (C=O) groups is 1. The molecule has 17 heavy (non-hydrogen) atoms. The molecule has 1 aromatic rings. The Kier molecular flexibility index (Phi) is 3.31. The molecule has 0 fully saturated rings. The summed E-state index contributed by atoms with van der Waals surface area (Å²) < 4.78 is 5.34. The minimum atomic E-state index is -0.434. The van der Waals surface area contributed by atoms with Crippen molar-refractivity contribution < 1.29 is 14.6 Å². The average Bonchev–Trinajstić information content (AvgIpc) is 2.37. The maximum Gasteiger partial charge on any atom is 0.265 e. The number of hydrogen-bond donors (Lipinski definition) is 2. The van der Waals surface area contributed by atoms with Crippen LogP contribution >= 0.6 is 0 Å². The molecule has 1 aliphatic heterocycles. The van der Waals surface area contributed by atoms with Gasteiger partial charge in [-0.2, -0.15) is 0 Å². The van der Waals surface area contributed by atoms with Crippen molar-refractivity contribution in [3.05, 3.63) is 23.8 Å². The smallest absolute Gasteiger partial charge is 0.265 e. The lowest BCUT2D eigenvalue weighted by Crippen LogP contribution is -2.38. The maximum absolute atomic E-state index is 11.7. The quantitative estimate of drug-likeness (QED) is 0.797. The number of amides is 1. The van der Waals surface area contributed by atoms with Gasteiger partial charge in [-0.15, -0.1) is 0 Å². The monoisotopic (exact) mass is 236 g/mol. The predicted molar refractivity (Wildman–Crippen MR) is 64.0 cm³/mol. The number of ether oxygens (including phenoxy) is 1. The van der Waals surface area contributed by atoms with E-state index in [1.54, 1.807) is 17.0 Å². The Labute approximate surface area is 99.8 Å². The summed E-state index contributed by atoms with van der Waals surface area (Å²) >= 11 is 0. The van der Waals surface area contributed by atoms with Gasteiger partial charge < -0.3 is 20.5 Å². The number of fused-ring (bicyclic) bond motifs is 1. The molecule has 2 rings (SSSR count). The summed E-state index contributed by atoms with van der Waals surface area (Å²) in [6, 6.07) is 4.96. The maximum atomic E-state index is 11.7. The number of anilines is 1. The third-order valence-corrected chi connectivity index (χ3v) is 2.87. The SMILES string of the molecule is CCN1C(=O)COc2ccc(C(N)CO)cc21. The Morgan fingerprint density at radius 1 is 1.59 bits per heavy atom. The first-order valence-electron chi connectivity index (χ1n) is 5.61. The van der Waals surface area contributed by atoms with Gasteiger partial charge in [0.2, 0.25) is 0 Å². The number of carbonyl (C=O) groups excluding carboxylic acids is 1. The van der Waals surface area contributed by atoms with Crippen LogP contribution in [0.3, 0.4) is 0 Å². The summed E-state index contributed by atoms with van der Waals surface area (Å²) in [4.78, 5) is 13.3. The van der Waals surface area contributed by atoms with Crippen molar-refractivity contribution in [3.8, 4) is 5.75 Å². The average molecular weight is 236 g/mol. The van der Waals surface area contributed by atoms with Crippen molar-refractivity contribution in [3.63, 3.8) is 0 Å². The summed E-state index contributed by atoms with van der Waals surface area (Å²) in [7, 11) is 0. The summed E-state index contributed by atoms with van der Waals surface area (Å²) in [5, 5.41) is 9.03. The molecule has 5 nitrogen and oxygen atoms in total. The van der Waals surface area contributed by atoms with Crippen LogP contribution < -0.4 is 15.4 Å². The van der Waals surface area contributed by atoms with E-state index in [9.17, 15) is 4.79 Å². The van der Waals surface area contributed by atoms with E-state index in [0.29, 0.717) is 12.3 Å². The van der Waals surface area contributed by atoms with E-state index in [4.69, 9.17) is 15.6 Å². The molecular weight excluding hydrogens is 220 g/mol. The van der Waals surface area contributed by atoms with Crippen molar-refractivity contribution in [1.29, 1.82) is 0 Å². The lowest BCUT2D eigenvalue weighted by Gasteiger charge is -2.29. The van der Waals surface area contributed by atoms with Crippen molar-refractivity contribution in [2.24, 2.45) is 5.73 Å². The highest BCUT2D eigenvalue weighted by atomic mass is 16.5. The molecule has 3 N–H and O–H groups in total. The molecule has 0 saturated carbocycles. The van der Waals surface area contributed by atoms with Gasteiger partial charge in [0.25, 0.3) is 5.91 Å². The number of nitrogens with two attached hydrogens (primary N) is 1. The summed E-state index contributed by atoms with van der Waals surface area (Å²) in [5.41, 5.74) is 7.28. The van der Waals surface area contributed by atoms with Gasteiger partial charge in [0.15, 0.2) is 6.61 Å². The van der Waals surface area contributed by atoms with Crippen molar-refractivity contribution in [2.75, 3.05) is 24.7 Å². The molecule has 0 bridgehead atoms. The number of aliphatic hydroxyl groups excluding tert-OH is 1. The molecule has 1 heterocycles. The number of rotatable bonds is 3. The molecule has 0 saturated heterocycles. The van der Waals surface area contributed by atoms with Crippen molar-refractivity contribution in [1.82, 2.24) is 0 Å². The molecule has 0 aromatic heterocycles. The van der Waals surface area contributed by atoms with E-state index < -0.39 is 6.04 Å². The van der Waals surface area contributed by atoms with Crippen molar-refractivity contribution in [2.45, 2.75) is 13.0 Å². The Balaban J connectivity index is 2.41. The van der Waals surface area contributed by atoms with Crippen LogP contribution in [0, 0.1) is 0 Å². The van der Waals surface area contributed by atoms with Gasteiger partial charge in [0.1, 0.15) is 5.75 Å². The van der Waals surface area contributed by atoms with E-state index in [1.165, 1.54) is 0 Å². The molecule has 1 atom stereocenters. The predicted octanol–water partition coefficient (Wildman–Crippen LogP) is 0.424. The van der Waals surface area contributed by atoms with Crippen LogP contribution in [0.1, 0.15) is 18.5 Å². The van der Waals surface area contributed by atoms with Gasteiger partial charge in [-0.25, -0.2) is 0 Å². The van der Waals surface area contributed by atoms with E-state index in [-0.39, 0.29) is 19.1 Å². The zero-order valence-electron chi connectivity index (χ0n) is 9.72. The van der Waals surface area contributed by atoms with Gasteiger partial charge in [-0.05, 0) is 24.6 Å². The van der Waals surface area contributed by atoms with Gasteiger partial charge in [-0.1, -0.05) is 6.07 Å². The second-order valence-electron chi connectivity index (χ2n) is 3.94. The molecule has 1 aliphatic rings. The molecule has 1 amide bonds. The number of aliphatic hydroxyl groups is 1. The molecule has 0 spiro atoms. The summed E-state index contributed by atoms with van der Waals surface area (Å²) in [6.45, 7) is 2.45. The second kappa shape index (κ2) is 4.73. The summed E-state index contributed by atoms with van der Waals surface area (Å²) in [5.74, 6) is 0.620. The lowest BCUT2D eigenvalue weighted by molar-refractivity contribution is -0.121. The number of benzene rings is 1. The lowest BCUT2D eigenvalue weighted by atomic mass is 10.1. The second-order valence-corrected chi connectivity index (χ2v) is 3.94. The topological polar surface area (TPSA) is 75.8 Å². The molecule has 5 heteroatoms. The highest BCUT2D eigenvalue weighted by molar-refractivity contribution is 5.97. The van der Waals surface area contributed by atoms with Crippen LogP contribution in [0.4, 0.5) is 5.69 Å². The van der Waals surface area contributed by atoms with Crippen LogP contribution in [-0.2, 0) is 4.79 Å². The van der Waals surface area contributed by atoms with Gasteiger partial charge in [-0.3, -0.25) is 4.79 Å². The molecule has 92 valence electrons. The minimum absolute atomic E-state index is 0.0604. The zero-order valence-corrected chi connectivity index (χ0v) is 9.72. The fraction of sp³-hybridized carbons (Fsp3) is 0.417. The number of hydrogen-bond acceptors (Lipinski definition) is 4. The van der Waals surface area contributed by atoms with E-state index >= 15 is 0 Å². The number of nitrogens with zero attached hydrogens (tertiary/aromatic N) is 1. The summed E-state index contributed by atoms with van der Waals surface area (Å²) in [6.07, 6.45) is 0. The Hall–Kier alpha value is -1.59. The third kappa shape index (κ3) is 2.11. The normalized spacial score (nSPS) is 16.4. The van der Waals surface area contributed by atoms with Gasteiger partial charge >= 0.3 is 0 Å². The molecule has 1 aromatic carbocycles. The number of likely N-dealkylation sites (N-methyl/N-ethyl adjacent to an activating group) is 1. The third-order valence-electron chi connectivity index (χ3n) is 2.87. The Bertz CT molecular complexity index is 434. The Morgan fingerprint density at radius 3 is 3.00 bits per heavy atom. The molecular formula is C12H16N2O3. The van der Waals surface area contributed by atoms with Gasteiger partial charge in [0, 0.05) is 6.54 Å². The van der Waals surface area contributed by atoms with Crippen molar-refractivity contribution >= 4 is 11.6 Å². The molecule has 0 radical (unpaired) electrons. The first kappa shape index (κ1) is 11.9. The highest BCUT2D eigenvalue weighted by Crippen LogP contribution is 2.33. The van der Waals surface area contributed by atoms with Crippen LogP contribution in [0.15, 0.2) is 18.2 Å². The van der Waals surface area contributed by atoms with Crippen LogP contribution in [-0.4, -0.2) is 30.8 Å². The zero-order chi connectivity index (χ0) is 12.4. The first-order valence-corrected chi connectivity index (χ1v) is 5.61. The fourth-order valence-corrected chi connectivity index (χ4v) is 1.90. The Morgan fingerprint density at radius 2 is 2.35 bits per heavy atom. The van der Waals surface area contributed by atoms with Gasteiger partial charge in [0.05, 0.1) is 18.3 Å². The van der Waals surface area contributed by atoms with Crippen LogP contribution in [0.2, 0.25) is 0 Å².